The first-order valence-corrected chi connectivity index (χ1v) is 27.0. The number of halogens is 3. The van der Waals surface area contributed by atoms with Crippen molar-refractivity contribution in [2.24, 2.45) is 7.05 Å². The summed E-state index contributed by atoms with van der Waals surface area (Å²) in [6, 6.07) is 15.1. The summed E-state index contributed by atoms with van der Waals surface area (Å²) in [7, 11) is -0.843. The summed E-state index contributed by atoms with van der Waals surface area (Å²) in [6.45, 7) is 9.47. The van der Waals surface area contributed by atoms with Crippen LogP contribution in [-0.2, 0) is 27.6 Å². The lowest BCUT2D eigenvalue weighted by Crippen LogP contribution is -2.53. The zero-order chi connectivity index (χ0) is 48.0. The van der Waals surface area contributed by atoms with Crippen LogP contribution in [0.2, 0.25) is 0 Å². The third-order valence-electron chi connectivity index (χ3n) is 13.6. The molecule has 1 aliphatic carbocycles. The lowest BCUT2D eigenvalue weighted by atomic mass is 9.89. The van der Waals surface area contributed by atoms with Gasteiger partial charge in [0.05, 0.1) is 45.8 Å². The number of hydrogen-bond donors (Lipinski definition) is 3. The highest BCUT2D eigenvalue weighted by Crippen LogP contribution is 2.45. The Morgan fingerprint density at radius 2 is 1.64 bits per heavy atom. The largest absolute Gasteiger partial charge is 0.488 e. The maximum Gasteiger partial charge on any atom is 0.234 e. The number of rotatable bonds is 14. The molecule has 3 saturated heterocycles. The van der Waals surface area contributed by atoms with E-state index >= 15 is 8.78 Å². The van der Waals surface area contributed by atoms with Crippen LogP contribution in [0.25, 0.3) is 22.0 Å². The number of amides is 2. The number of fused-ring (bicyclic) bond motifs is 1. The Morgan fingerprint density at radius 1 is 0.884 bits per heavy atom. The van der Waals surface area contributed by atoms with Crippen molar-refractivity contribution in [2.45, 2.75) is 63.0 Å². The topological polar surface area (TPSA) is 163 Å². The molecule has 4 aliphatic rings. The maximum atomic E-state index is 15.2. The molecule has 2 amide bonds. The molecule has 3 aromatic heterocycles. The average Bonchev–Trinajstić information content (AvgIpc) is 4.05. The summed E-state index contributed by atoms with van der Waals surface area (Å²) in [5.74, 6) is -2.00. The minimum atomic E-state index is -2.76. The monoisotopic (exact) mass is 1020 g/mol. The molecule has 0 radical (unpaired) electrons. The van der Waals surface area contributed by atoms with E-state index < -0.39 is 36.5 Å². The van der Waals surface area contributed by atoms with E-state index in [0.29, 0.717) is 57.6 Å². The summed E-state index contributed by atoms with van der Waals surface area (Å²) < 4.78 is 53.1. The smallest absolute Gasteiger partial charge is 0.234 e. The predicted octanol–water partition coefficient (Wildman–Crippen LogP) is 8.09. The van der Waals surface area contributed by atoms with E-state index in [9.17, 15) is 14.2 Å². The average molecular weight is 1020 g/mol. The number of pyridine rings is 1. The molecule has 0 bridgehead atoms. The number of ether oxygens (including phenoxy) is 1. The molecule has 69 heavy (non-hydrogen) atoms. The quantitative estimate of drug-likeness (QED) is 0.0710. The highest BCUT2D eigenvalue weighted by molar-refractivity contribution is 9.10. The van der Waals surface area contributed by atoms with Crippen LogP contribution in [0, 0.1) is 11.6 Å². The summed E-state index contributed by atoms with van der Waals surface area (Å²) in [5.41, 5.74) is 5.46. The molecule has 10 rings (SSSR count). The van der Waals surface area contributed by atoms with E-state index in [1.807, 2.05) is 43.7 Å². The van der Waals surface area contributed by atoms with Crippen molar-refractivity contribution in [3.63, 3.8) is 0 Å². The minimum Gasteiger partial charge on any atom is -0.488 e. The molecular weight excluding hydrogens is 967 g/mol. The first kappa shape index (κ1) is 46.9. The third-order valence-corrected chi connectivity index (χ3v) is 15.8. The molecule has 19 heteroatoms. The lowest BCUT2D eigenvalue weighted by molar-refractivity contribution is -0.134. The van der Waals surface area contributed by atoms with Crippen LogP contribution >= 0.6 is 23.1 Å². The fraction of sp³-hybridized carbons (Fsp3) is 0.400. The molecule has 360 valence electrons. The molecule has 0 spiro atoms. The molecular formula is C50H55BrF2N11O4P. The molecule has 4 fully saturated rings. The number of piperidine rings is 2. The van der Waals surface area contributed by atoms with Gasteiger partial charge in [0, 0.05) is 117 Å². The van der Waals surface area contributed by atoms with Crippen LogP contribution in [0.1, 0.15) is 55.6 Å². The van der Waals surface area contributed by atoms with Crippen molar-refractivity contribution in [1.29, 1.82) is 0 Å². The van der Waals surface area contributed by atoms with Crippen molar-refractivity contribution in [2.75, 3.05) is 74.7 Å². The Hall–Kier alpha value is -5.81. The SMILES string of the molecule is Cn1cc(-c2cc(Nc3ncc(Br)c(Nc4cnc5ccccc5c4P(C)(C)=O)n3)c(OC3CC3)cc2N2CCC(N3CCN(CCc4cc(F)c(C5CCC(=O)NC5=O)c(F)c4)CC3)CC2)cn1. The summed E-state index contributed by atoms with van der Waals surface area (Å²) in [5, 5.41) is 15.2. The number of anilines is 5. The highest BCUT2D eigenvalue weighted by atomic mass is 79.9. The van der Waals surface area contributed by atoms with E-state index in [2.05, 4.69) is 73.8 Å². The number of nitrogens with one attached hydrogen (secondary N) is 3. The number of imide groups is 1. The number of benzene rings is 3. The van der Waals surface area contributed by atoms with Crippen LogP contribution in [-0.4, -0.2) is 118 Å². The first-order valence-electron chi connectivity index (χ1n) is 23.6. The maximum absolute atomic E-state index is 15.2. The van der Waals surface area contributed by atoms with Crippen molar-refractivity contribution in [3.8, 4) is 16.9 Å². The van der Waals surface area contributed by atoms with E-state index in [1.165, 1.54) is 12.1 Å². The van der Waals surface area contributed by atoms with Gasteiger partial charge in [0.15, 0.2) is 0 Å². The fourth-order valence-corrected chi connectivity index (χ4v) is 11.7. The molecule has 6 heterocycles. The minimum absolute atomic E-state index is 0.0592. The molecule has 6 aromatic rings. The van der Waals surface area contributed by atoms with Crippen LogP contribution in [0.5, 0.6) is 5.75 Å². The van der Waals surface area contributed by atoms with E-state index in [0.717, 1.165) is 98.4 Å². The fourth-order valence-electron chi connectivity index (χ4n) is 9.94. The zero-order valence-electron chi connectivity index (χ0n) is 38.9. The van der Waals surface area contributed by atoms with Gasteiger partial charge in [-0.2, -0.15) is 10.1 Å². The Balaban J connectivity index is 0.817. The number of aromatic nitrogens is 5. The normalized spacial score (nSPS) is 18.7. The number of para-hydroxylation sites is 1. The van der Waals surface area contributed by atoms with Gasteiger partial charge in [0.25, 0.3) is 0 Å². The van der Waals surface area contributed by atoms with Gasteiger partial charge in [-0.3, -0.25) is 29.5 Å². The molecule has 15 nitrogen and oxygen atoms in total. The van der Waals surface area contributed by atoms with Crippen molar-refractivity contribution >= 4 is 79.9 Å². The van der Waals surface area contributed by atoms with Gasteiger partial charge < -0.3 is 29.7 Å². The van der Waals surface area contributed by atoms with Crippen LogP contribution in [0.15, 0.2) is 77.8 Å². The van der Waals surface area contributed by atoms with Crippen LogP contribution < -0.4 is 30.9 Å². The molecule has 1 atom stereocenters. The van der Waals surface area contributed by atoms with Crippen molar-refractivity contribution in [3.05, 3.63) is 101 Å². The predicted molar refractivity (Wildman–Crippen MR) is 268 cm³/mol. The Morgan fingerprint density at radius 3 is 2.33 bits per heavy atom. The van der Waals surface area contributed by atoms with Crippen LogP contribution in [0.3, 0.4) is 0 Å². The second kappa shape index (κ2) is 19.5. The molecule has 1 unspecified atom stereocenters. The summed E-state index contributed by atoms with van der Waals surface area (Å²) in [4.78, 5) is 45.5. The van der Waals surface area contributed by atoms with Crippen molar-refractivity contribution < 1.29 is 27.7 Å². The second-order valence-corrected chi connectivity index (χ2v) is 22.9. The Labute approximate surface area is 407 Å². The van der Waals surface area contributed by atoms with Gasteiger partial charge >= 0.3 is 0 Å². The van der Waals surface area contributed by atoms with Gasteiger partial charge in [0.2, 0.25) is 17.8 Å². The van der Waals surface area contributed by atoms with Gasteiger partial charge in [-0.05, 0) is 97.6 Å². The summed E-state index contributed by atoms with van der Waals surface area (Å²) in [6.07, 6.45) is 12.0. The number of aryl methyl sites for hydroxylation is 1. The molecule has 1 saturated carbocycles. The molecule has 3 N–H and O–H groups in total. The standard InChI is InChI=1S/C50H55BrF2N11O4P/c1-61-29-31(26-56-61)36-24-41(58-50-55-27-37(51)48(60-50)57-42-28-54-40-7-5-4-6-34(40)47(42)69(2,3)67)44(68-33-8-9-33)25-43(36)64-16-13-32(14-17-64)63-20-18-62(19-21-63)15-12-30-22-38(52)46(39(53)23-30)35-10-11-45(65)59-49(35)66/h4-7,22-29,32-33,35H,8-21H2,1-3H3,(H,59,65,66)(H2,55,57,58,60). The van der Waals surface area contributed by atoms with Gasteiger partial charge in [-0.15, -0.1) is 0 Å². The Kier molecular flexibility index (Phi) is 13.3. The van der Waals surface area contributed by atoms with Gasteiger partial charge in [-0.1, -0.05) is 18.2 Å². The number of nitrogens with zero attached hydrogens (tertiary/aromatic N) is 8. The number of carbonyl (C=O) groups is 2. The van der Waals surface area contributed by atoms with E-state index in [-0.39, 0.29) is 24.5 Å². The third kappa shape index (κ3) is 10.4. The first-order chi connectivity index (χ1) is 33.2. The van der Waals surface area contributed by atoms with Crippen LogP contribution in [0.4, 0.5) is 37.6 Å². The highest BCUT2D eigenvalue weighted by Gasteiger charge is 2.34. The van der Waals surface area contributed by atoms with Gasteiger partial charge in [-0.25, -0.2) is 13.8 Å². The van der Waals surface area contributed by atoms with Gasteiger partial charge in [0.1, 0.15) is 30.3 Å². The zero-order valence-corrected chi connectivity index (χ0v) is 41.3. The number of hydrogen-bond acceptors (Lipinski definition) is 13. The van der Waals surface area contributed by atoms with E-state index in [1.54, 1.807) is 30.4 Å². The number of piperazine rings is 1. The molecule has 3 aliphatic heterocycles. The van der Waals surface area contributed by atoms with Crippen molar-refractivity contribution in [1.82, 2.24) is 39.8 Å². The Bertz CT molecular complexity index is 2960. The second-order valence-electron chi connectivity index (χ2n) is 18.9. The molecule has 3 aromatic carbocycles. The van der Waals surface area contributed by atoms with E-state index in [4.69, 9.17) is 9.72 Å². The number of carbonyl (C=O) groups excluding carboxylic acids is 2. The lowest BCUT2D eigenvalue weighted by Gasteiger charge is -2.43. The summed E-state index contributed by atoms with van der Waals surface area (Å²) >= 11 is 3.63.